The molecule has 6 heteroatoms. The molecule has 0 atom stereocenters. The van der Waals surface area contributed by atoms with Gasteiger partial charge in [-0.25, -0.2) is 4.98 Å². The summed E-state index contributed by atoms with van der Waals surface area (Å²) in [4.78, 5) is 13.6. The van der Waals surface area contributed by atoms with Crippen LogP contribution in [0, 0.1) is 6.92 Å². The molecule has 0 amide bonds. The van der Waals surface area contributed by atoms with Crippen molar-refractivity contribution in [1.29, 1.82) is 0 Å². The summed E-state index contributed by atoms with van der Waals surface area (Å²) in [6.45, 7) is 6.13. The van der Waals surface area contributed by atoms with Crippen LogP contribution in [0.25, 0.3) is 0 Å². The second-order valence-corrected chi connectivity index (χ2v) is 5.86. The predicted molar refractivity (Wildman–Crippen MR) is 92.8 cm³/mol. The van der Waals surface area contributed by atoms with Gasteiger partial charge in [-0.2, -0.15) is 4.98 Å². The van der Waals surface area contributed by atoms with Gasteiger partial charge in [0.05, 0.1) is 12.8 Å². The molecule has 1 aliphatic heterocycles. The summed E-state index contributed by atoms with van der Waals surface area (Å²) in [5.41, 5.74) is 2.03. The number of ether oxygens (including phenoxy) is 1. The van der Waals surface area contributed by atoms with Crippen molar-refractivity contribution >= 4 is 17.5 Å². The van der Waals surface area contributed by atoms with Gasteiger partial charge in [-0.3, -0.25) is 0 Å². The third-order valence-electron chi connectivity index (χ3n) is 4.07. The van der Waals surface area contributed by atoms with E-state index in [1.807, 2.05) is 31.2 Å². The Morgan fingerprint density at radius 3 is 2.65 bits per heavy atom. The van der Waals surface area contributed by atoms with E-state index in [1.165, 1.54) is 0 Å². The van der Waals surface area contributed by atoms with E-state index >= 15 is 0 Å². The van der Waals surface area contributed by atoms with Gasteiger partial charge in [0.25, 0.3) is 0 Å². The van der Waals surface area contributed by atoms with Crippen LogP contribution in [0.2, 0.25) is 0 Å². The maximum absolute atomic E-state index is 5.40. The van der Waals surface area contributed by atoms with Gasteiger partial charge >= 0.3 is 0 Å². The first kappa shape index (κ1) is 15.6. The molecule has 1 aromatic carbocycles. The van der Waals surface area contributed by atoms with Gasteiger partial charge in [0.1, 0.15) is 11.6 Å². The molecule has 0 aliphatic carbocycles. The maximum atomic E-state index is 5.40. The lowest BCUT2D eigenvalue weighted by molar-refractivity contribution is 0.312. The van der Waals surface area contributed by atoms with Crippen molar-refractivity contribution in [3.63, 3.8) is 0 Å². The Morgan fingerprint density at radius 2 is 1.91 bits per heavy atom. The summed E-state index contributed by atoms with van der Waals surface area (Å²) in [7, 11) is 3.81. The molecule has 0 unspecified atom stereocenters. The third kappa shape index (κ3) is 3.71. The fraction of sp³-hybridized carbons (Fsp3) is 0.412. The molecule has 2 heterocycles. The molecule has 0 bridgehead atoms. The molecule has 23 heavy (non-hydrogen) atoms. The van der Waals surface area contributed by atoms with Crippen molar-refractivity contribution < 1.29 is 4.74 Å². The van der Waals surface area contributed by atoms with Gasteiger partial charge in [0.15, 0.2) is 0 Å². The fourth-order valence-corrected chi connectivity index (χ4v) is 2.66. The lowest BCUT2D eigenvalue weighted by atomic mass is 10.2. The summed E-state index contributed by atoms with van der Waals surface area (Å²) in [6.07, 6.45) is 1.80. The molecule has 2 aromatic rings. The Morgan fingerprint density at radius 1 is 1.13 bits per heavy atom. The summed E-state index contributed by atoms with van der Waals surface area (Å²) in [5.74, 6) is 2.33. The number of hydrogen-bond donors (Lipinski definition) is 1. The number of aromatic nitrogens is 2. The Bertz CT molecular complexity index is 668. The molecule has 1 aliphatic rings. The lowest BCUT2D eigenvalue weighted by Crippen LogP contribution is -2.44. The minimum atomic E-state index is 0.588. The molecule has 0 saturated carbocycles. The van der Waals surface area contributed by atoms with E-state index in [4.69, 9.17) is 4.74 Å². The average molecular weight is 313 g/mol. The van der Waals surface area contributed by atoms with E-state index in [-0.39, 0.29) is 0 Å². The SMILES string of the molecule is COc1ccc(C)cc1Nc1nccc(N2CCN(C)CC2)n1. The zero-order chi connectivity index (χ0) is 16.2. The Labute approximate surface area is 137 Å². The van der Waals surface area contributed by atoms with Gasteiger partial charge < -0.3 is 19.9 Å². The van der Waals surface area contributed by atoms with Crippen LogP contribution in [-0.4, -0.2) is 55.2 Å². The topological polar surface area (TPSA) is 53.5 Å². The standard InChI is InChI=1S/C17H23N5O/c1-13-4-5-15(23-3)14(12-13)19-17-18-7-6-16(20-17)22-10-8-21(2)9-11-22/h4-7,12H,8-11H2,1-3H3,(H,18,19,20). The van der Waals surface area contributed by atoms with Crippen LogP contribution < -0.4 is 15.0 Å². The van der Waals surface area contributed by atoms with E-state index in [9.17, 15) is 0 Å². The predicted octanol–water partition coefficient (Wildman–Crippen LogP) is 2.29. The van der Waals surface area contributed by atoms with Gasteiger partial charge in [0, 0.05) is 32.4 Å². The van der Waals surface area contributed by atoms with Crippen LogP contribution in [-0.2, 0) is 0 Å². The van der Waals surface area contributed by atoms with Crippen LogP contribution in [0.15, 0.2) is 30.5 Å². The van der Waals surface area contributed by atoms with Gasteiger partial charge in [-0.05, 0) is 37.7 Å². The highest BCUT2D eigenvalue weighted by molar-refractivity contribution is 5.64. The van der Waals surface area contributed by atoms with Crippen molar-refractivity contribution in [1.82, 2.24) is 14.9 Å². The minimum Gasteiger partial charge on any atom is -0.495 e. The van der Waals surface area contributed by atoms with Gasteiger partial charge in [-0.15, -0.1) is 0 Å². The van der Waals surface area contributed by atoms with Crippen molar-refractivity contribution in [2.45, 2.75) is 6.92 Å². The largest absolute Gasteiger partial charge is 0.495 e. The number of hydrogen-bond acceptors (Lipinski definition) is 6. The van der Waals surface area contributed by atoms with Crippen molar-refractivity contribution in [3.05, 3.63) is 36.0 Å². The zero-order valence-corrected chi connectivity index (χ0v) is 13.9. The summed E-state index contributed by atoms with van der Waals surface area (Å²) >= 11 is 0. The molecule has 1 aromatic heterocycles. The monoisotopic (exact) mass is 313 g/mol. The first-order valence-corrected chi connectivity index (χ1v) is 7.84. The van der Waals surface area contributed by atoms with Crippen molar-refractivity contribution in [2.24, 2.45) is 0 Å². The van der Waals surface area contributed by atoms with Crippen LogP contribution in [0.4, 0.5) is 17.5 Å². The summed E-state index contributed by atoms with van der Waals surface area (Å²) in [6, 6.07) is 7.96. The average Bonchev–Trinajstić information content (AvgIpc) is 2.56. The zero-order valence-electron chi connectivity index (χ0n) is 13.9. The van der Waals surface area contributed by atoms with E-state index < -0.39 is 0 Å². The van der Waals surface area contributed by atoms with Crippen LogP contribution in [0.3, 0.4) is 0 Å². The number of anilines is 3. The number of piperazine rings is 1. The van der Waals surface area contributed by atoms with Crippen LogP contribution in [0.1, 0.15) is 5.56 Å². The highest BCUT2D eigenvalue weighted by Crippen LogP contribution is 2.27. The highest BCUT2D eigenvalue weighted by Gasteiger charge is 2.16. The lowest BCUT2D eigenvalue weighted by Gasteiger charge is -2.33. The minimum absolute atomic E-state index is 0.588. The van der Waals surface area contributed by atoms with Crippen LogP contribution in [0.5, 0.6) is 5.75 Å². The molecule has 6 nitrogen and oxygen atoms in total. The smallest absolute Gasteiger partial charge is 0.229 e. The maximum Gasteiger partial charge on any atom is 0.229 e. The van der Waals surface area contributed by atoms with Crippen molar-refractivity contribution in [3.8, 4) is 5.75 Å². The molecule has 0 radical (unpaired) electrons. The van der Waals surface area contributed by atoms with Crippen LogP contribution >= 0.6 is 0 Å². The Kier molecular flexibility index (Phi) is 4.62. The number of aryl methyl sites for hydroxylation is 1. The second kappa shape index (κ2) is 6.83. The van der Waals surface area contributed by atoms with E-state index in [2.05, 4.69) is 32.1 Å². The number of rotatable bonds is 4. The second-order valence-electron chi connectivity index (χ2n) is 5.86. The van der Waals surface area contributed by atoms with E-state index in [1.54, 1.807) is 13.3 Å². The molecular weight excluding hydrogens is 290 g/mol. The molecule has 0 spiro atoms. The molecule has 122 valence electrons. The van der Waals surface area contributed by atoms with E-state index in [0.29, 0.717) is 5.95 Å². The third-order valence-corrected chi connectivity index (χ3v) is 4.07. The number of methoxy groups -OCH3 is 1. The molecule has 1 N–H and O–H groups in total. The normalized spacial score (nSPS) is 15.5. The molecule has 1 fully saturated rings. The Balaban J connectivity index is 1.79. The molecule has 3 rings (SSSR count). The quantitative estimate of drug-likeness (QED) is 0.935. The number of likely N-dealkylation sites (N-methyl/N-ethyl adjacent to an activating group) is 1. The first-order chi connectivity index (χ1) is 11.2. The summed E-state index contributed by atoms with van der Waals surface area (Å²) < 4.78 is 5.40. The van der Waals surface area contributed by atoms with E-state index in [0.717, 1.165) is 49.0 Å². The molecule has 1 saturated heterocycles. The van der Waals surface area contributed by atoms with Gasteiger partial charge in [0.2, 0.25) is 5.95 Å². The highest BCUT2D eigenvalue weighted by atomic mass is 16.5. The fourth-order valence-electron chi connectivity index (χ4n) is 2.66. The number of nitrogens with one attached hydrogen (secondary N) is 1. The summed E-state index contributed by atoms with van der Waals surface area (Å²) in [5, 5.41) is 3.27. The number of nitrogens with zero attached hydrogens (tertiary/aromatic N) is 4. The Hall–Kier alpha value is -2.34. The first-order valence-electron chi connectivity index (χ1n) is 7.84. The van der Waals surface area contributed by atoms with Gasteiger partial charge in [-0.1, -0.05) is 6.07 Å². The molecular formula is C17H23N5O. The number of benzene rings is 1. The van der Waals surface area contributed by atoms with Crippen molar-refractivity contribution in [2.75, 3.05) is 50.6 Å².